The Kier molecular flexibility index (Phi) is 9.10. The Labute approximate surface area is 229 Å². The van der Waals surface area contributed by atoms with Gasteiger partial charge in [0.1, 0.15) is 30.1 Å². The van der Waals surface area contributed by atoms with Crippen LogP contribution in [-0.4, -0.2) is 48.5 Å². The second-order valence-corrected chi connectivity index (χ2v) is 9.70. The fraction of sp³-hybridized carbons (Fsp3) is 0.290. The van der Waals surface area contributed by atoms with Crippen LogP contribution < -0.4 is 4.74 Å². The van der Waals surface area contributed by atoms with Gasteiger partial charge in [0, 0.05) is 19.0 Å². The first-order chi connectivity index (χ1) is 19.3. The van der Waals surface area contributed by atoms with Crippen LogP contribution in [0.4, 0.5) is 0 Å². The number of rotatable bonds is 14. The number of H-pyrrole nitrogens is 1. The molecule has 2 aromatic heterocycles. The molecular formula is C31H35N7O. The van der Waals surface area contributed by atoms with Crippen molar-refractivity contribution in [3.8, 4) is 5.75 Å². The minimum Gasteiger partial charge on any atom is -0.497 e. The average molecular weight is 522 g/mol. The molecule has 0 aliphatic heterocycles. The third-order valence-corrected chi connectivity index (χ3v) is 7.06. The second kappa shape index (κ2) is 13.5. The molecule has 0 saturated carbocycles. The summed E-state index contributed by atoms with van der Waals surface area (Å²) in [5.74, 6) is 2.98. The zero-order valence-corrected chi connectivity index (χ0v) is 22.4. The van der Waals surface area contributed by atoms with Crippen molar-refractivity contribution < 1.29 is 4.74 Å². The van der Waals surface area contributed by atoms with Gasteiger partial charge in [0.2, 0.25) is 0 Å². The van der Waals surface area contributed by atoms with Gasteiger partial charge in [-0.15, -0.1) is 20.4 Å². The number of hydrogen-bond acceptors (Lipinski definition) is 6. The Morgan fingerprint density at radius 3 is 2.21 bits per heavy atom. The maximum atomic E-state index is 5.27. The Bertz CT molecular complexity index is 1330. The molecule has 0 aliphatic rings. The van der Waals surface area contributed by atoms with Gasteiger partial charge in [0.25, 0.3) is 0 Å². The molecule has 3 aromatic carbocycles. The lowest BCUT2D eigenvalue weighted by molar-refractivity contribution is 0.234. The highest BCUT2D eigenvalue weighted by molar-refractivity contribution is 5.32. The predicted octanol–water partition coefficient (Wildman–Crippen LogP) is 5.26. The Morgan fingerprint density at radius 1 is 0.846 bits per heavy atom. The molecule has 0 amide bonds. The van der Waals surface area contributed by atoms with Crippen LogP contribution in [0, 0.1) is 0 Å². The average Bonchev–Trinajstić information content (AvgIpc) is 3.67. The molecule has 0 fully saturated rings. The van der Waals surface area contributed by atoms with Gasteiger partial charge in [-0.05, 0) is 48.1 Å². The van der Waals surface area contributed by atoms with E-state index in [0.717, 1.165) is 49.8 Å². The number of aromatic nitrogens is 6. The SMILES string of the molecule is COc1ccc(CCCn2cnnc2CN(CCC(c2ccccc2)c2ccccc2)Cc2nnc[nH]2)cc1. The number of nitrogens with one attached hydrogen (secondary N) is 1. The minimum atomic E-state index is 0.298. The van der Waals surface area contributed by atoms with E-state index < -0.39 is 0 Å². The number of aryl methyl sites for hydroxylation is 2. The van der Waals surface area contributed by atoms with Crippen molar-refractivity contribution in [3.05, 3.63) is 126 Å². The van der Waals surface area contributed by atoms with E-state index in [9.17, 15) is 0 Å². The molecule has 1 N–H and O–H groups in total. The first kappa shape index (κ1) is 26.3. The number of hydrogen-bond donors (Lipinski definition) is 1. The maximum Gasteiger partial charge on any atom is 0.147 e. The summed E-state index contributed by atoms with van der Waals surface area (Å²) < 4.78 is 7.44. The third-order valence-electron chi connectivity index (χ3n) is 7.06. The van der Waals surface area contributed by atoms with Crippen molar-refractivity contribution in [2.75, 3.05) is 13.7 Å². The summed E-state index contributed by atoms with van der Waals surface area (Å²) in [6, 6.07) is 29.8. The zero-order valence-electron chi connectivity index (χ0n) is 22.4. The summed E-state index contributed by atoms with van der Waals surface area (Å²) in [5, 5.41) is 17.0. The summed E-state index contributed by atoms with van der Waals surface area (Å²) in [5.41, 5.74) is 3.94. The molecule has 0 saturated heterocycles. The van der Waals surface area contributed by atoms with Gasteiger partial charge >= 0.3 is 0 Å². The second-order valence-electron chi connectivity index (χ2n) is 9.70. The first-order valence-electron chi connectivity index (χ1n) is 13.5. The fourth-order valence-corrected chi connectivity index (χ4v) is 4.98. The van der Waals surface area contributed by atoms with Crippen LogP contribution in [0.2, 0.25) is 0 Å². The van der Waals surface area contributed by atoms with Crippen LogP contribution in [0.1, 0.15) is 47.1 Å². The van der Waals surface area contributed by atoms with Gasteiger partial charge in [-0.25, -0.2) is 0 Å². The number of aromatic amines is 1. The molecule has 5 aromatic rings. The normalized spacial score (nSPS) is 11.4. The van der Waals surface area contributed by atoms with E-state index in [4.69, 9.17) is 4.74 Å². The van der Waals surface area contributed by atoms with E-state index in [-0.39, 0.29) is 0 Å². The van der Waals surface area contributed by atoms with E-state index in [1.165, 1.54) is 16.7 Å². The number of methoxy groups -OCH3 is 1. The van der Waals surface area contributed by atoms with Gasteiger partial charge < -0.3 is 14.3 Å². The van der Waals surface area contributed by atoms with Crippen LogP contribution in [0.3, 0.4) is 0 Å². The molecule has 5 rings (SSSR count). The molecule has 2 heterocycles. The predicted molar refractivity (Wildman–Crippen MR) is 151 cm³/mol. The summed E-state index contributed by atoms with van der Waals surface area (Å²) in [7, 11) is 1.69. The Hall–Kier alpha value is -4.30. The standard InChI is InChI=1S/C31H35N7O/c1-39-28-16-14-25(15-17-28)9-8-19-38-24-34-36-31(38)22-37(21-30-32-23-33-35-30)20-18-29(26-10-4-2-5-11-26)27-12-6-3-7-13-27/h2-7,10-17,23-24,29H,8-9,18-22H2,1H3,(H,32,33,35). The number of benzene rings is 3. The van der Waals surface area contributed by atoms with Gasteiger partial charge in [-0.3, -0.25) is 4.90 Å². The van der Waals surface area contributed by atoms with E-state index in [0.29, 0.717) is 19.0 Å². The molecule has 8 nitrogen and oxygen atoms in total. The van der Waals surface area contributed by atoms with Crippen LogP contribution in [0.5, 0.6) is 5.75 Å². The lowest BCUT2D eigenvalue weighted by Gasteiger charge is -2.25. The van der Waals surface area contributed by atoms with Crippen molar-refractivity contribution in [2.24, 2.45) is 0 Å². The molecule has 0 aliphatic carbocycles. The van der Waals surface area contributed by atoms with E-state index in [1.807, 2.05) is 18.5 Å². The molecule has 200 valence electrons. The van der Waals surface area contributed by atoms with Gasteiger partial charge in [-0.2, -0.15) is 0 Å². The van der Waals surface area contributed by atoms with Gasteiger partial charge in [0.15, 0.2) is 0 Å². The van der Waals surface area contributed by atoms with Crippen LogP contribution in [-0.2, 0) is 26.1 Å². The molecule has 0 atom stereocenters. The lowest BCUT2D eigenvalue weighted by Crippen LogP contribution is -2.28. The summed E-state index contributed by atoms with van der Waals surface area (Å²) in [4.78, 5) is 5.54. The monoisotopic (exact) mass is 521 g/mol. The zero-order chi connectivity index (χ0) is 26.7. The Balaban J connectivity index is 1.26. The quantitative estimate of drug-likeness (QED) is 0.215. The molecule has 8 heteroatoms. The maximum absolute atomic E-state index is 5.27. The summed E-state index contributed by atoms with van der Waals surface area (Å²) >= 11 is 0. The molecule has 39 heavy (non-hydrogen) atoms. The largest absolute Gasteiger partial charge is 0.497 e. The van der Waals surface area contributed by atoms with Gasteiger partial charge in [0.05, 0.1) is 20.2 Å². The fourth-order valence-electron chi connectivity index (χ4n) is 4.98. The molecule has 0 bridgehead atoms. The van der Waals surface area contributed by atoms with Crippen molar-refractivity contribution in [3.63, 3.8) is 0 Å². The number of ether oxygens (including phenoxy) is 1. The van der Waals surface area contributed by atoms with Crippen LogP contribution in [0.25, 0.3) is 0 Å². The van der Waals surface area contributed by atoms with Crippen molar-refractivity contribution >= 4 is 0 Å². The summed E-state index contributed by atoms with van der Waals surface area (Å²) in [6.07, 6.45) is 6.43. The highest BCUT2D eigenvalue weighted by atomic mass is 16.5. The molecule has 0 unspecified atom stereocenters. The first-order valence-corrected chi connectivity index (χ1v) is 13.5. The Morgan fingerprint density at radius 2 is 1.56 bits per heavy atom. The van der Waals surface area contributed by atoms with E-state index in [2.05, 4.69) is 108 Å². The van der Waals surface area contributed by atoms with E-state index >= 15 is 0 Å². The van der Waals surface area contributed by atoms with Crippen LogP contribution >= 0.6 is 0 Å². The minimum absolute atomic E-state index is 0.298. The smallest absolute Gasteiger partial charge is 0.147 e. The third kappa shape index (κ3) is 7.39. The highest BCUT2D eigenvalue weighted by Gasteiger charge is 2.19. The summed E-state index contributed by atoms with van der Waals surface area (Å²) in [6.45, 7) is 3.07. The van der Waals surface area contributed by atoms with Crippen LogP contribution in [0.15, 0.2) is 97.6 Å². The van der Waals surface area contributed by atoms with Crippen molar-refractivity contribution in [2.45, 2.75) is 44.8 Å². The number of nitrogens with zero attached hydrogens (tertiary/aromatic N) is 6. The van der Waals surface area contributed by atoms with E-state index in [1.54, 1.807) is 13.4 Å². The van der Waals surface area contributed by atoms with Crippen molar-refractivity contribution in [1.82, 2.24) is 34.8 Å². The molecule has 0 radical (unpaired) electrons. The lowest BCUT2D eigenvalue weighted by atomic mass is 9.88. The molecule has 0 spiro atoms. The van der Waals surface area contributed by atoms with Crippen molar-refractivity contribution in [1.29, 1.82) is 0 Å². The highest BCUT2D eigenvalue weighted by Crippen LogP contribution is 2.28. The van der Waals surface area contributed by atoms with Gasteiger partial charge in [-0.1, -0.05) is 72.8 Å². The topological polar surface area (TPSA) is 84.8 Å². The molecular weight excluding hydrogens is 486 g/mol.